The lowest BCUT2D eigenvalue weighted by Crippen LogP contribution is -2.49. The monoisotopic (exact) mass is 365 g/mol. The number of hydrazine groups is 1. The molecule has 1 amide bonds. The summed E-state index contributed by atoms with van der Waals surface area (Å²) in [6.07, 6.45) is 5.32. The van der Waals surface area contributed by atoms with Gasteiger partial charge in [-0.3, -0.25) is 15.6 Å². The average Bonchev–Trinajstić information content (AvgIpc) is 3.31. The van der Waals surface area contributed by atoms with Crippen molar-refractivity contribution in [3.8, 4) is 11.4 Å². The number of nitrogens with zero attached hydrogens (tertiary/aromatic N) is 2. The second-order valence-electron chi connectivity index (χ2n) is 5.65. The van der Waals surface area contributed by atoms with Gasteiger partial charge in [0.25, 0.3) is 0 Å². The van der Waals surface area contributed by atoms with E-state index in [1.54, 1.807) is 11.3 Å². The van der Waals surface area contributed by atoms with Crippen LogP contribution < -0.4 is 16.2 Å². The number of rotatable bonds is 5. The number of carbonyl (C=O) groups excluding carboxylic acids is 1. The predicted molar refractivity (Wildman–Crippen MR) is 95.2 cm³/mol. The first kappa shape index (κ1) is 16.8. The Labute approximate surface area is 149 Å². The maximum atomic E-state index is 11.8. The first-order chi connectivity index (χ1) is 11.7. The van der Waals surface area contributed by atoms with E-state index in [0.717, 1.165) is 18.4 Å². The maximum Gasteiger partial charge on any atom is 0.238 e. The summed E-state index contributed by atoms with van der Waals surface area (Å²) in [5.41, 5.74) is 6.23. The van der Waals surface area contributed by atoms with Crippen LogP contribution in [0.1, 0.15) is 38.0 Å². The lowest BCUT2D eigenvalue weighted by Gasteiger charge is -2.15. The van der Waals surface area contributed by atoms with Crippen LogP contribution in [0.15, 0.2) is 21.3 Å². The van der Waals surface area contributed by atoms with E-state index in [1.165, 1.54) is 12.8 Å². The van der Waals surface area contributed by atoms with Crippen molar-refractivity contribution in [2.45, 2.75) is 44.6 Å². The first-order valence-corrected chi connectivity index (χ1v) is 9.26. The van der Waals surface area contributed by atoms with Gasteiger partial charge in [-0.1, -0.05) is 18.0 Å². The molecule has 0 saturated heterocycles. The standard InChI is InChI=1S/C15H19N5O2S2/c21-12(18-19-15(23)16-11-3-1-2-4-11)5-6-13-17-14(20-22-13)10-7-8-24-9-10/h7-9,11H,1-6H2,(H,18,21)(H2,16,19,23). The second kappa shape index (κ2) is 8.20. The molecule has 128 valence electrons. The number of hydrogen-bond acceptors (Lipinski definition) is 6. The van der Waals surface area contributed by atoms with Gasteiger partial charge in [0.1, 0.15) is 0 Å². The van der Waals surface area contributed by atoms with Crippen LogP contribution in [0, 0.1) is 0 Å². The summed E-state index contributed by atoms with van der Waals surface area (Å²) in [5, 5.41) is 11.5. The molecule has 3 N–H and O–H groups in total. The van der Waals surface area contributed by atoms with Gasteiger partial charge in [-0.2, -0.15) is 16.3 Å². The lowest BCUT2D eigenvalue weighted by atomic mass is 10.3. The SMILES string of the molecule is O=C(CCc1nc(-c2ccsc2)no1)NNC(=S)NC1CCCC1. The molecule has 2 aromatic heterocycles. The van der Waals surface area contributed by atoms with Crippen molar-refractivity contribution >= 4 is 34.6 Å². The Hall–Kier alpha value is -2.00. The minimum Gasteiger partial charge on any atom is -0.359 e. The predicted octanol–water partition coefficient (Wildman–Crippen LogP) is 2.17. The highest BCUT2D eigenvalue weighted by molar-refractivity contribution is 7.80. The number of amides is 1. The summed E-state index contributed by atoms with van der Waals surface area (Å²) in [7, 11) is 0. The van der Waals surface area contributed by atoms with E-state index < -0.39 is 0 Å². The lowest BCUT2D eigenvalue weighted by molar-refractivity contribution is -0.121. The van der Waals surface area contributed by atoms with Gasteiger partial charge in [-0.25, -0.2) is 0 Å². The molecule has 0 aromatic carbocycles. The number of aryl methyl sites for hydroxylation is 1. The molecule has 0 unspecified atom stereocenters. The molecule has 0 bridgehead atoms. The normalized spacial score (nSPS) is 14.5. The third kappa shape index (κ3) is 4.75. The third-order valence-corrected chi connectivity index (χ3v) is 4.72. The molecule has 3 rings (SSSR count). The van der Waals surface area contributed by atoms with E-state index in [-0.39, 0.29) is 12.3 Å². The highest BCUT2D eigenvalue weighted by Crippen LogP contribution is 2.19. The molecule has 1 fully saturated rings. The van der Waals surface area contributed by atoms with Crippen LogP contribution >= 0.6 is 23.6 Å². The largest absolute Gasteiger partial charge is 0.359 e. The summed E-state index contributed by atoms with van der Waals surface area (Å²) < 4.78 is 5.16. The molecular formula is C15H19N5O2S2. The van der Waals surface area contributed by atoms with Crippen LogP contribution in [0.5, 0.6) is 0 Å². The van der Waals surface area contributed by atoms with E-state index in [0.29, 0.717) is 29.3 Å². The summed E-state index contributed by atoms with van der Waals surface area (Å²) in [5.74, 6) is 0.811. The molecule has 1 aliphatic carbocycles. The average molecular weight is 365 g/mol. The molecule has 0 spiro atoms. The third-order valence-electron chi connectivity index (χ3n) is 3.82. The molecule has 1 saturated carbocycles. The quantitative estimate of drug-likeness (QED) is 0.552. The summed E-state index contributed by atoms with van der Waals surface area (Å²) in [6, 6.07) is 2.34. The second-order valence-corrected chi connectivity index (χ2v) is 6.84. The van der Waals surface area contributed by atoms with Gasteiger partial charge in [0.05, 0.1) is 0 Å². The Kier molecular flexibility index (Phi) is 5.76. The molecule has 1 aliphatic rings. The van der Waals surface area contributed by atoms with Crippen molar-refractivity contribution in [3.63, 3.8) is 0 Å². The Morgan fingerprint density at radius 2 is 2.21 bits per heavy atom. The van der Waals surface area contributed by atoms with Crippen molar-refractivity contribution in [2.24, 2.45) is 0 Å². The molecule has 24 heavy (non-hydrogen) atoms. The zero-order valence-corrected chi connectivity index (χ0v) is 14.7. The topological polar surface area (TPSA) is 92.1 Å². The Bertz CT molecular complexity index is 680. The van der Waals surface area contributed by atoms with Crippen LogP contribution in [0.4, 0.5) is 0 Å². The Morgan fingerprint density at radius 1 is 1.38 bits per heavy atom. The van der Waals surface area contributed by atoms with Gasteiger partial charge in [0, 0.05) is 29.8 Å². The number of nitrogens with one attached hydrogen (secondary N) is 3. The number of carbonyl (C=O) groups is 1. The zero-order chi connectivity index (χ0) is 16.8. The number of hydrogen-bond donors (Lipinski definition) is 3. The smallest absolute Gasteiger partial charge is 0.238 e. The van der Waals surface area contributed by atoms with Crippen LogP contribution in [-0.4, -0.2) is 27.2 Å². The fourth-order valence-corrected chi connectivity index (χ4v) is 3.42. The minimum absolute atomic E-state index is 0.180. The van der Waals surface area contributed by atoms with Crippen molar-refractivity contribution in [2.75, 3.05) is 0 Å². The van der Waals surface area contributed by atoms with Gasteiger partial charge in [0.15, 0.2) is 5.11 Å². The molecule has 7 nitrogen and oxygen atoms in total. The minimum atomic E-state index is -0.180. The van der Waals surface area contributed by atoms with Crippen molar-refractivity contribution in [1.29, 1.82) is 0 Å². The molecule has 0 aliphatic heterocycles. The van der Waals surface area contributed by atoms with Gasteiger partial charge in [-0.15, -0.1) is 0 Å². The van der Waals surface area contributed by atoms with E-state index in [1.807, 2.05) is 16.8 Å². The zero-order valence-electron chi connectivity index (χ0n) is 13.1. The van der Waals surface area contributed by atoms with Gasteiger partial charge < -0.3 is 9.84 Å². The number of aromatic nitrogens is 2. The van der Waals surface area contributed by atoms with Crippen LogP contribution in [0.25, 0.3) is 11.4 Å². The molecule has 0 radical (unpaired) electrons. The molecule has 2 heterocycles. The fourth-order valence-electron chi connectivity index (χ4n) is 2.57. The first-order valence-electron chi connectivity index (χ1n) is 7.91. The highest BCUT2D eigenvalue weighted by Gasteiger charge is 2.16. The summed E-state index contributed by atoms with van der Waals surface area (Å²) >= 11 is 6.73. The summed E-state index contributed by atoms with van der Waals surface area (Å²) in [4.78, 5) is 16.1. The maximum absolute atomic E-state index is 11.8. The molecular weight excluding hydrogens is 346 g/mol. The highest BCUT2D eigenvalue weighted by atomic mass is 32.1. The van der Waals surface area contributed by atoms with E-state index in [9.17, 15) is 4.79 Å². The molecule has 2 aromatic rings. The van der Waals surface area contributed by atoms with Gasteiger partial charge in [-0.05, 0) is 36.5 Å². The van der Waals surface area contributed by atoms with Crippen molar-refractivity contribution in [3.05, 3.63) is 22.7 Å². The summed E-state index contributed by atoms with van der Waals surface area (Å²) in [6.45, 7) is 0. The number of thiocarbonyl (C=S) groups is 1. The Balaban J connectivity index is 1.37. The van der Waals surface area contributed by atoms with Crippen LogP contribution in [0.2, 0.25) is 0 Å². The van der Waals surface area contributed by atoms with Gasteiger partial charge >= 0.3 is 0 Å². The van der Waals surface area contributed by atoms with E-state index in [2.05, 4.69) is 26.3 Å². The van der Waals surface area contributed by atoms with Gasteiger partial charge in [0.2, 0.25) is 17.6 Å². The van der Waals surface area contributed by atoms with E-state index >= 15 is 0 Å². The number of thiophene rings is 1. The molecule has 0 atom stereocenters. The van der Waals surface area contributed by atoms with Crippen molar-refractivity contribution < 1.29 is 9.32 Å². The van der Waals surface area contributed by atoms with Crippen LogP contribution in [-0.2, 0) is 11.2 Å². The Morgan fingerprint density at radius 3 is 2.96 bits per heavy atom. The van der Waals surface area contributed by atoms with Crippen molar-refractivity contribution in [1.82, 2.24) is 26.3 Å². The van der Waals surface area contributed by atoms with E-state index in [4.69, 9.17) is 16.7 Å². The molecule has 9 heteroatoms. The fraction of sp³-hybridized carbons (Fsp3) is 0.467. The van der Waals surface area contributed by atoms with Crippen LogP contribution in [0.3, 0.4) is 0 Å².